The molecule has 1 fully saturated rings. The summed E-state index contributed by atoms with van der Waals surface area (Å²) in [5.74, 6) is 5.93. The van der Waals surface area contributed by atoms with Crippen LogP contribution in [0, 0.1) is 0 Å². The summed E-state index contributed by atoms with van der Waals surface area (Å²) in [6.07, 6.45) is 9.52. The van der Waals surface area contributed by atoms with Gasteiger partial charge in [0.25, 0.3) is 0 Å². The van der Waals surface area contributed by atoms with Gasteiger partial charge in [-0.25, -0.2) is 5.43 Å². The third-order valence-electron chi connectivity index (χ3n) is 4.81. The fraction of sp³-hybridized carbons (Fsp3) is 0.471. The van der Waals surface area contributed by atoms with Crippen molar-refractivity contribution >= 4 is 10.8 Å². The summed E-state index contributed by atoms with van der Waals surface area (Å²) in [6.45, 7) is 0. The van der Waals surface area contributed by atoms with E-state index < -0.39 is 0 Å². The van der Waals surface area contributed by atoms with E-state index in [1.54, 1.807) is 7.11 Å². The summed E-state index contributed by atoms with van der Waals surface area (Å²) in [5, 5.41) is 2.33. The lowest BCUT2D eigenvalue weighted by atomic mass is 9.76. The van der Waals surface area contributed by atoms with Crippen molar-refractivity contribution in [3.63, 3.8) is 0 Å². The van der Waals surface area contributed by atoms with Crippen molar-refractivity contribution in [1.82, 2.24) is 10.4 Å². The van der Waals surface area contributed by atoms with Crippen LogP contribution >= 0.6 is 0 Å². The Balaban J connectivity index is 2.09. The smallest absolute Gasteiger partial charge is 0.0886 e. The van der Waals surface area contributed by atoms with Gasteiger partial charge in [0.1, 0.15) is 0 Å². The van der Waals surface area contributed by atoms with E-state index >= 15 is 0 Å². The van der Waals surface area contributed by atoms with E-state index in [2.05, 4.69) is 28.6 Å². The van der Waals surface area contributed by atoms with Crippen molar-refractivity contribution < 1.29 is 4.74 Å². The second kappa shape index (κ2) is 6.10. The summed E-state index contributed by atoms with van der Waals surface area (Å²) in [4.78, 5) is 4.39. The molecule has 3 rings (SSSR count). The maximum atomic E-state index is 5.96. The van der Waals surface area contributed by atoms with Gasteiger partial charge in [-0.05, 0) is 23.8 Å². The molecule has 0 bridgehead atoms. The summed E-state index contributed by atoms with van der Waals surface area (Å²) in [7, 11) is 1.80. The SMILES string of the molecule is COC1(C(NN)c2cncc3ccccc23)CCCCC1. The van der Waals surface area contributed by atoms with Crippen LogP contribution < -0.4 is 11.3 Å². The monoisotopic (exact) mass is 285 g/mol. The lowest BCUT2D eigenvalue weighted by Gasteiger charge is -2.42. The number of nitrogens with two attached hydrogens (primary N) is 1. The molecule has 1 aromatic carbocycles. The van der Waals surface area contributed by atoms with Crippen LogP contribution in [0.2, 0.25) is 0 Å². The largest absolute Gasteiger partial charge is 0.376 e. The first kappa shape index (κ1) is 14.4. The quantitative estimate of drug-likeness (QED) is 0.669. The molecular weight excluding hydrogens is 262 g/mol. The van der Waals surface area contributed by atoms with Gasteiger partial charge in [-0.3, -0.25) is 10.8 Å². The lowest BCUT2D eigenvalue weighted by molar-refractivity contribution is -0.0685. The second-order valence-electron chi connectivity index (χ2n) is 5.88. The number of nitrogens with zero attached hydrogens (tertiary/aromatic N) is 1. The Kier molecular flexibility index (Phi) is 4.19. The highest BCUT2D eigenvalue weighted by molar-refractivity contribution is 5.85. The van der Waals surface area contributed by atoms with Crippen molar-refractivity contribution in [2.24, 2.45) is 5.84 Å². The number of hydrogen-bond donors (Lipinski definition) is 2. The average Bonchev–Trinajstić information content (AvgIpc) is 2.56. The third-order valence-corrected chi connectivity index (χ3v) is 4.81. The Morgan fingerprint density at radius 1 is 1.19 bits per heavy atom. The number of fused-ring (bicyclic) bond motifs is 1. The minimum Gasteiger partial charge on any atom is -0.376 e. The van der Waals surface area contributed by atoms with Gasteiger partial charge in [0.05, 0.1) is 11.6 Å². The highest BCUT2D eigenvalue weighted by Crippen LogP contribution is 2.42. The number of benzene rings is 1. The van der Waals surface area contributed by atoms with E-state index in [1.165, 1.54) is 24.6 Å². The first-order valence-corrected chi connectivity index (χ1v) is 7.65. The molecule has 2 aromatic rings. The predicted molar refractivity (Wildman–Crippen MR) is 84.6 cm³/mol. The molecule has 1 aliphatic carbocycles. The van der Waals surface area contributed by atoms with Gasteiger partial charge >= 0.3 is 0 Å². The van der Waals surface area contributed by atoms with Crippen molar-refractivity contribution in [3.8, 4) is 0 Å². The minimum absolute atomic E-state index is 0.0404. The number of pyridine rings is 1. The fourth-order valence-electron chi connectivity index (χ4n) is 3.66. The van der Waals surface area contributed by atoms with Crippen LogP contribution in [0.3, 0.4) is 0 Å². The van der Waals surface area contributed by atoms with Crippen LogP contribution in [0.5, 0.6) is 0 Å². The van der Waals surface area contributed by atoms with Gasteiger partial charge in [0.15, 0.2) is 0 Å². The Hall–Kier alpha value is -1.49. The maximum Gasteiger partial charge on any atom is 0.0886 e. The average molecular weight is 285 g/mol. The molecule has 1 atom stereocenters. The van der Waals surface area contributed by atoms with Crippen LogP contribution in [0.4, 0.5) is 0 Å². The number of aromatic nitrogens is 1. The molecular formula is C17H23N3O. The van der Waals surface area contributed by atoms with Crippen LogP contribution in [0.25, 0.3) is 10.8 Å². The Labute approximate surface area is 125 Å². The zero-order valence-corrected chi connectivity index (χ0v) is 12.5. The van der Waals surface area contributed by atoms with E-state index in [9.17, 15) is 0 Å². The summed E-state index contributed by atoms with van der Waals surface area (Å²) >= 11 is 0. The molecule has 0 spiro atoms. The van der Waals surface area contributed by atoms with E-state index in [-0.39, 0.29) is 11.6 Å². The van der Waals surface area contributed by atoms with Crippen LogP contribution in [0.1, 0.15) is 43.7 Å². The molecule has 4 heteroatoms. The Bertz CT molecular complexity index is 603. The van der Waals surface area contributed by atoms with Gasteiger partial charge < -0.3 is 4.74 Å². The number of hydrogen-bond acceptors (Lipinski definition) is 4. The lowest BCUT2D eigenvalue weighted by Crippen LogP contribution is -2.49. The number of hydrazine groups is 1. The molecule has 21 heavy (non-hydrogen) atoms. The highest BCUT2D eigenvalue weighted by atomic mass is 16.5. The molecule has 4 nitrogen and oxygen atoms in total. The van der Waals surface area contributed by atoms with Crippen LogP contribution in [-0.4, -0.2) is 17.7 Å². The molecule has 0 saturated heterocycles. The fourth-order valence-corrected chi connectivity index (χ4v) is 3.66. The molecule has 1 aliphatic rings. The van der Waals surface area contributed by atoms with Crippen molar-refractivity contribution in [3.05, 3.63) is 42.2 Å². The molecule has 3 N–H and O–H groups in total. The van der Waals surface area contributed by atoms with E-state index in [0.717, 1.165) is 23.8 Å². The van der Waals surface area contributed by atoms with Gasteiger partial charge in [0.2, 0.25) is 0 Å². The van der Waals surface area contributed by atoms with E-state index in [4.69, 9.17) is 10.6 Å². The number of ether oxygens (including phenoxy) is 1. The minimum atomic E-state index is -0.237. The van der Waals surface area contributed by atoms with E-state index in [1.807, 2.05) is 18.5 Å². The first-order valence-electron chi connectivity index (χ1n) is 7.65. The number of nitrogens with one attached hydrogen (secondary N) is 1. The summed E-state index contributed by atoms with van der Waals surface area (Å²) < 4.78 is 5.96. The molecule has 1 aromatic heterocycles. The second-order valence-corrected chi connectivity index (χ2v) is 5.88. The Morgan fingerprint density at radius 2 is 1.95 bits per heavy atom. The Morgan fingerprint density at radius 3 is 2.67 bits per heavy atom. The normalized spacial score (nSPS) is 19.5. The third kappa shape index (κ3) is 2.55. The van der Waals surface area contributed by atoms with Gasteiger partial charge in [0, 0.05) is 24.9 Å². The zero-order chi connectivity index (χ0) is 14.7. The molecule has 112 valence electrons. The number of rotatable bonds is 4. The topological polar surface area (TPSA) is 60.2 Å². The molecule has 1 heterocycles. The van der Waals surface area contributed by atoms with Crippen LogP contribution in [0.15, 0.2) is 36.7 Å². The molecule has 0 amide bonds. The summed E-state index contributed by atoms with van der Waals surface area (Å²) in [5.41, 5.74) is 3.89. The zero-order valence-electron chi connectivity index (χ0n) is 12.5. The van der Waals surface area contributed by atoms with E-state index in [0.29, 0.717) is 0 Å². The maximum absolute atomic E-state index is 5.96. The highest BCUT2D eigenvalue weighted by Gasteiger charge is 2.41. The van der Waals surface area contributed by atoms with Crippen molar-refractivity contribution in [1.29, 1.82) is 0 Å². The van der Waals surface area contributed by atoms with Crippen LogP contribution in [-0.2, 0) is 4.74 Å². The van der Waals surface area contributed by atoms with Gasteiger partial charge in [-0.15, -0.1) is 0 Å². The number of methoxy groups -OCH3 is 1. The first-order chi connectivity index (χ1) is 10.3. The molecule has 1 saturated carbocycles. The van der Waals surface area contributed by atoms with Crippen molar-refractivity contribution in [2.75, 3.05) is 7.11 Å². The van der Waals surface area contributed by atoms with Crippen molar-refractivity contribution in [2.45, 2.75) is 43.7 Å². The predicted octanol–water partition coefficient (Wildman–Crippen LogP) is 3.09. The standard InChI is InChI=1S/C17H23N3O/c1-21-17(9-5-2-6-10-17)16(20-18)15-12-19-11-13-7-3-4-8-14(13)15/h3-4,7-8,11-12,16,20H,2,5-6,9-10,18H2,1H3. The molecule has 0 radical (unpaired) electrons. The van der Waals surface area contributed by atoms with Gasteiger partial charge in [-0.2, -0.15) is 0 Å². The summed E-state index contributed by atoms with van der Waals surface area (Å²) in [6, 6.07) is 8.26. The molecule has 0 aliphatic heterocycles. The molecule has 1 unspecified atom stereocenters. The van der Waals surface area contributed by atoms with Gasteiger partial charge in [-0.1, -0.05) is 43.5 Å².